The minimum Gasteiger partial charge on any atom is -0.336 e. The summed E-state index contributed by atoms with van der Waals surface area (Å²) in [6.45, 7) is 0.485. The molecule has 0 fully saturated rings. The molecule has 0 aliphatic heterocycles. The van der Waals surface area contributed by atoms with E-state index in [1.165, 1.54) is 11.3 Å². The van der Waals surface area contributed by atoms with Crippen molar-refractivity contribution in [3.05, 3.63) is 48.8 Å². The lowest BCUT2D eigenvalue weighted by molar-refractivity contribution is 0.0786. The molecular formula is C12H9BrCl2N2OS. The van der Waals surface area contributed by atoms with Crippen LogP contribution in [-0.4, -0.2) is 22.8 Å². The first-order valence-electron chi connectivity index (χ1n) is 5.28. The first-order valence-corrected chi connectivity index (χ1v) is 7.64. The van der Waals surface area contributed by atoms with Crippen molar-refractivity contribution in [1.29, 1.82) is 0 Å². The van der Waals surface area contributed by atoms with Crippen LogP contribution in [0.5, 0.6) is 0 Å². The zero-order valence-corrected chi connectivity index (χ0v) is 13.8. The van der Waals surface area contributed by atoms with Crippen LogP contribution in [0.4, 0.5) is 0 Å². The first kappa shape index (κ1) is 14.8. The number of amides is 1. The molecule has 0 aromatic carbocycles. The maximum atomic E-state index is 12.3. The van der Waals surface area contributed by atoms with E-state index in [9.17, 15) is 4.79 Å². The van der Waals surface area contributed by atoms with Crippen molar-refractivity contribution < 1.29 is 4.79 Å². The lowest BCUT2D eigenvalue weighted by Gasteiger charge is -2.16. The third-order valence-corrected chi connectivity index (χ3v) is 4.36. The zero-order valence-electron chi connectivity index (χ0n) is 9.86. The van der Waals surface area contributed by atoms with E-state index in [1.54, 1.807) is 24.2 Å². The summed E-state index contributed by atoms with van der Waals surface area (Å²) in [5.41, 5.74) is 0.376. The summed E-state index contributed by atoms with van der Waals surface area (Å²) >= 11 is 16.5. The molecular weight excluding hydrogens is 371 g/mol. The SMILES string of the molecule is CN(Cc1ccc(Cl)s1)C(=O)c1cc(Br)cnc1Cl. The van der Waals surface area contributed by atoms with Gasteiger partial charge in [-0.3, -0.25) is 4.79 Å². The zero-order chi connectivity index (χ0) is 14.0. The molecule has 0 aliphatic rings. The minimum atomic E-state index is -0.177. The normalized spacial score (nSPS) is 10.5. The number of thiophene rings is 1. The van der Waals surface area contributed by atoms with Crippen molar-refractivity contribution in [2.75, 3.05) is 7.05 Å². The van der Waals surface area contributed by atoms with Gasteiger partial charge in [0.1, 0.15) is 5.15 Å². The quantitative estimate of drug-likeness (QED) is 0.736. The average molecular weight is 380 g/mol. The van der Waals surface area contributed by atoms with Crippen LogP contribution in [0.1, 0.15) is 15.2 Å². The Morgan fingerprint density at radius 1 is 1.47 bits per heavy atom. The van der Waals surface area contributed by atoms with Crippen LogP contribution in [0.25, 0.3) is 0 Å². The number of halogens is 3. The molecule has 7 heteroatoms. The van der Waals surface area contributed by atoms with Crippen molar-refractivity contribution in [2.45, 2.75) is 6.54 Å². The van der Waals surface area contributed by atoms with Gasteiger partial charge < -0.3 is 4.90 Å². The summed E-state index contributed by atoms with van der Waals surface area (Å²) in [6, 6.07) is 5.38. The van der Waals surface area contributed by atoms with E-state index >= 15 is 0 Å². The summed E-state index contributed by atoms with van der Waals surface area (Å²) < 4.78 is 1.42. The Morgan fingerprint density at radius 3 is 2.84 bits per heavy atom. The van der Waals surface area contributed by atoms with Crippen LogP contribution in [0.2, 0.25) is 9.49 Å². The Labute approximate surface area is 133 Å². The monoisotopic (exact) mass is 378 g/mol. The Morgan fingerprint density at radius 2 is 2.21 bits per heavy atom. The number of hydrogen-bond acceptors (Lipinski definition) is 3. The second-order valence-corrected chi connectivity index (χ2v) is 6.93. The molecule has 0 N–H and O–H groups in total. The number of carbonyl (C=O) groups excluding carboxylic acids is 1. The van der Waals surface area contributed by atoms with Gasteiger partial charge in [-0.25, -0.2) is 4.98 Å². The third-order valence-electron chi connectivity index (χ3n) is 2.40. The van der Waals surface area contributed by atoms with Gasteiger partial charge in [0.2, 0.25) is 0 Å². The van der Waals surface area contributed by atoms with Gasteiger partial charge in [0, 0.05) is 22.6 Å². The third kappa shape index (κ3) is 3.69. The van der Waals surface area contributed by atoms with Crippen molar-refractivity contribution in [3.8, 4) is 0 Å². The highest BCUT2D eigenvalue weighted by Crippen LogP contribution is 2.24. The standard InChI is InChI=1S/C12H9BrCl2N2OS/c1-17(6-8-2-3-10(14)19-8)12(18)9-4-7(13)5-16-11(9)15/h2-5H,6H2,1H3. The van der Waals surface area contributed by atoms with Gasteiger partial charge in [0.15, 0.2) is 0 Å². The van der Waals surface area contributed by atoms with Gasteiger partial charge in [-0.15, -0.1) is 11.3 Å². The number of nitrogens with zero attached hydrogens (tertiary/aromatic N) is 2. The van der Waals surface area contributed by atoms with Gasteiger partial charge in [-0.1, -0.05) is 23.2 Å². The fraction of sp³-hybridized carbons (Fsp3) is 0.167. The molecule has 0 saturated heterocycles. The Balaban J connectivity index is 2.16. The van der Waals surface area contributed by atoms with Crippen molar-refractivity contribution in [1.82, 2.24) is 9.88 Å². The lowest BCUT2D eigenvalue weighted by Crippen LogP contribution is -2.26. The lowest BCUT2D eigenvalue weighted by atomic mass is 10.2. The largest absolute Gasteiger partial charge is 0.336 e. The molecule has 2 rings (SSSR count). The highest BCUT2D eigenvalue weighted by molar-refractivity contribution is 9.10. The molecule has 2 heterocycles. The fourth-order valence-corrected chi connectivity index (χ4v) is 3.18. The predicted molar refractivity (Wildman–Crippen MR) is 82.1 cm³/mol. The summed E-state index contributed by atoms with van der Waals surface area (Å²) in [5, 5.41) is 0.198. The molecule has 1 amide bonds. The van der Waals surface area contributed by atoms with E-state index in [1.807, 2.05) is 12.1 Å². The molecule has 0 bridgehead atoms. The number of aromatic nitrogens is 1. The van der Waals surface area contributed by atoms with Gasteiger partial charge in [-0.05, 0) is 34.1 Å². The molecule has 0 spiro atoms. The number of pyridine rings is 1. The second-order valence-electron chi connectivity index (χ2n) is 3.86. The van der Waals surface area contributed by atoms with Crippen molar-refractivity contribution in [2.24, 2.45) is 0 Å². The molecule has 100 valence electrons. The smallest absolute Gasteiger partial charge is 0.257 e. The van der Waals surface area contributed by atoms with Crippen molar-refractivity contribution >= 4 is 56.4 Å². The van der Waals surface area contributed by atoms with E-state index in [0.29, 0.717) is 20.9 Å². The van der Waals surface area contributed by atoms with Crippen LogP contribution < -0.4 is 0 Å². The molecule has 0 aliphatic carbocycles. The molecule has 2 aromatic heterocycles. The van der Waals surface area contributed by atoms with Gasteiger partial charge in [0.05, 0.1) is 16.4 Å². The highest BCUT2D eigenvalue weighted by Gasteiger charge is 2.17. The van der Waals surface area contributed by atoms with Crippen LogP contribution >= 0.6 is 50.5 Å². The molecule has 3 nitrogen and oxygen atoms in total. The van der Waals surface area contributed by atoms with E-state index in [4.69, 9.17) is 23.2 Å². The fourth-order valence-electron chi connectivity index (χ4n) is 1.52. The number of carbonyl (C=O) groups is 1. The molecule has 0 atom stereocenters. The molecule has 0 saturated carbocycles. The average Bonchev–Trinajstić information content (AvgIpc) is 2.77. The van der Waals surface area contributed by atoms with E-state index in [2.05, 4.69) is 20.9 Å². The Hall–Kier alpha value is -0.620. The van der Waals surface area contributed by atoms with Crippen LogP contribution in [0, 0.1) is 0 Å². The topological polar surface area (TPSA) is 33.2 Å². The summed E-state index contributed by atoms with van der Waals surface area (Å²) in [6.07, 6.45) is 1.55. The van der Waals surface area contributed by atoms with E-state index in [0.717, 1.165) is 4.88 Å². The second kappa shape index (κ2) is 6.22. The van der Waals surface area contributed by atoms with Crippen LogP contribution in [0.3, 0.4) is 0 Å². The maximum absolute atomic E-state index is 12.3. The molecule has 0 radical (unpaired) electrons. The summed E-state index contributed by atoms with van der Waals surface area (Å²) in [7, 11) is 1.72. The van der Waals surface area contributed by atoms with Gasteiger partial charge in [0.25, 0.3) is 5.91 Å². The van der Waals surface area contributed by atoms with Crippen LogP contribution in [-0.2, 0) is 6.54 Å². The number of rotatable bonds is 3. The van der Waals surface area contributed by atoms with E-state index < -0.39 is 0 Å². The highest BCUT2D eigenvalue weighted by atomic mass is 79.9. The Kier molecular flexibility index (Phi) is 4.84. The number of hydrogen-bond donors (Lipinski definition) is 0. The minimum absolute atomic E-state index is 0.177. The maximum Gasteiger partial charge on any atom is 0.257 e. The first-order chi connectivity index (χ1) is 8.97. The molecule has 2 aromatic rings. The molecule has 0 unspecified atom stereocenters. The van der Waals surface area contributed by atoms with Gasteiger partial charge >= 0.3 is 0 Å². The predicted octanol–water partition coefficient (Wildman–Crippen LogP) is 4.48. The van der Waals surface area contributed by atoms with E-state index in [-0.39, 0.29) is 11.1 Å². The van der Waals surface area contributed by atoms with Crippen LogP contribution in [0.15, 0.2) is 28.9 Å². The van der Waals surface area contributed by atoms with Gasteiger partial charge in [-0.2, -0.15) is 0 Å². The molecule has 19 heavy (non-hydrogen) atoms. The summed E-state index contributed by atoms with van der Waals surface area (Å²) in [5.74, 6) is -0.177. The van der Waals surface area contributed by atoms with Crippen molar-refractivity contribution in [3.63, 3.8) is 0 Å². The summed E-state index contributed by atoms with van der Waals surface area (Å²) in [4.78, 5) is 18.8. The Bertz CT molecular complexity index is 618.